The van der Waals surface area contributed by atoms with Gasteiger partial charge in [-0.25, -0.2) is 0 Å². The third-order valence-corrected chi connectivity index (χ3v) is 8.85. The highest BCUT2D eigenvalue weighted by Crippen LogP contribution is 2.56. The summed E-state index contributed by atoms with van der Waals surface area (Å²) >= 11 is 0. The van der Waals surface area contributed by atoms with E-state index in [-0.39, 0.29) is 23.8 Å². The SMILES string of the molecule is C/C=C/C=C/c1cc2c(-c3cnccn3)c3c(c(O)c2c(=O)[nH]1)C1(CC3)C(O)=c2c(=O)c3c(=O)cc(OC)c(=O)c=3c(=O)c2=C1O. The monoisotopic (exact) mass is 617 g/mol. The summed E-state index contributed by atoms with van der Waals surface area (Å²) in [7, 11) is 1.12. The van der Waals surface area contributed by atoms with Crippen LogP contribution in [0.3, 0.4) is 0 Å². The molecule has 2 heterocycles. The van der Waals surface area contributed by atoms with Crippen LogP contribution >= 0.6 is 0 Å². The number of aliphatic hydroxyl groups excluding tert-OH is 2. The maximum absolute atomic E-state index is 13.8. The molecule has 0 bridgehead atoms. The molecule has 0 amide bonds. The van der Waals surface area contributed by atoms with E-state index in [1.807, 2.05) is 6.92 Å². The Kier molecular flexibility index (Phi) is 6.17. The van der Waals surface area contributed by atoms with Gasteiger partial charge < -0.3 is 25.0 Å². The van der Waals surface area contributed by atoms with Gasteiger partial charge in [0.25, 0.3) is 5.56 Å². The maximum atomic E-state index is 13.8. The second-order valence-corrected chi connectivity index (χ2v) is 11.1. The lowest BCUT2D eigenvalue weighted by molar-refractivity contribution is 0.362. The Bertz CT molecular complexity index is 2720. The number of methoxy groups -OCH3 is 1. The lowest BCUT2D eigenvalue weighted by Gasteiger charge is -2.28. The van der Waals surface area contributed by atoms with Crippen LogP contribution in [0.4, 0.5) is 0 Å². The number of aromatic nitrogens is 3. The highest BCUT2D eigenvalue weighted by atomic mass is 16.5. The minimum atomic E-state index is -2.06. The number of aromatic amines is 1. The second kappa shape index (κ2) is 9.92. The van der Waals surface area contributed by atoms with Crippen molar-refractivity contribution in [3.8, 4) is 22.8 Å². The summed E-state index contributed by atoms with van der Waals surface area (Å²) in [6.45, 7) is 1.83. The van der Waals surface area contributed by atoms with Crippen molar-refractivity contribution in [2.24, 2.45) is 0 Å². The molecule has 3 aromatic rings. The van der Waals surface area contributed by atoms with Crippen LogP contribution in [0.1, 0.15) is 30.2 Å². The molecule has 7 rings (SSSR count). The highest BCUT2D eigenvalue weighted by Gasteiger charge is 2.54. The summed E-state index contributed by atoms with van der Waals surface area (Å²) in [6.07, 6.45) is 11.3. The molecule has 1 spiro atoms. The number of H-pyrrole nitrogens is 1. The number of ether oxygens (including phenoxy) is 1. The largest absolute Gasteiger partial charge is 0.510 e. The molecule has 12 heteroatoms. The highest BCUT2D eigenvalue weighted by molar-refractivity contribution is 6.04. The molecule has 228 valence electrons. The van der Waals surface area contributed by atoms with E-state index >= 15 is 0 Å². The fraction of sp³-hybridized carbons (Fsp3) is 0.147. The molecule has 1 unspecified atom stereocenters. The molecule has 12 nitrogen and oxygen atoms in total. The standard InChI is InChI=1S/C34H23N3O9/c1-3-4-5-6-14-11-16-20(17-13-35-9-10-36-17)15-7-8-34(26(15)30(42)21(16)33(45)37-14)31(43)24-25(32(34)44)29(41)23-22(28(24)40)18(38)12-19(46-2)27(23)39/h3-6,9-13,42-44H,7-8H2,1-2H3,(H,37,45)/b4-3+,6-5+. The molecule has 0 radical (unpaired) electrons. The van der Waals surface area contributed by atoms with Crippen LogP contribution in [0.2, 0.25) is 0 Å². The van der Waals surface area contributed by atoms with Gasteiger partial charge in [-0.1, -0.05) is 18.2 Å². The van der Waals surface area contributed by atoms with Crippen LogP contribution < -0.4 is 42.4 Å². The smallest absolute Gasteiger partial charge is 0.260 e. The lowest BCUT2D eigenvalue weighted by atomic mass is 9.77. The number of phenolic OH excluding ortho intramolecular Hbond substituents is 1. The van der Waals surface area contributed by atoms with Crippen LogP contribution in [0.5, 0.6) is 11.5 Å². The van der Waals surface area contributed by atoms with Gasteiger partial charge in [-0.2, -0.15) is 0 Å². The lowest BCUT2D eigenvalue weighted by Crippen LogP contribution is -2.51. The van der Waals surface area contributed by atoms with Gasteiger partial charge in [0, 0.05) is 40.7 Å². The quantitative estimate of drug-likeness (QED) is 0.206. The van der Waals surface area contributed by atoms with Gasteiger partial charge in [0.1, 0.15) is 22.7 Å². The number of nitrogens with one attached hydrogen (secondary N) is 1. The number of rotatable bonds is 4. The van der Waals surface area contributed by atoms with E-state index in [9.17, 15) is 39.3 Å². The van der Waals surface area contributed by atoms with Crippen LogP contribution in [-0.2, 0) is 11.8 Å². The normalized spacial score (nSPS) is 17.3. The molecule has 2 aromatic heterocycles. The van der Waals surface area contributed by atoms with Gasteiger partial charge in [-0.15, -0.1) is 0 Å². The predicted octanol–water partition coefficient (Wildman–Crippen LogP) is 0.560. The van der Waals surface area contributed by atoms with Crippen LogP contribution in [0, 0.1) is 10.4 Å². The molecule has 1 atom stereocenters. The Hall–Kier alpha value is -6.17. The third-order valence-electron chi connectivity index (χ3n) is 8.85. The molecule has 4 aliphatic rings. The van der Waals surface area contributed by atoms with Gasteiger partial charge in [0.05, 0.1) is 45.3 Å². The number of allylic oxidation sites excluding steroid dienone is 3. The van der Waals surface area contributed by atoms with Crippen molar-refractivity contribution in [1.82, 2.24) is 15.0 Å². The van der Waals surface area contributed by atoms with E-state index < -0.39 is 76.6 Å². The van der Waals surface area contributed by atoms with Gasteiger partial charge in [-0.05, 0) is 37.5 Å². The number of fused-ring (bicyclic) bond motifs is 4. The fourth-order valence-electron chi connectivity index (χ4n) is 6.95. The van der Waals surface area contributed by atoms with Crippen LogP contribution in [0.15, 0.2) is 72.9 Å². The number of phenols is 1. The first-order chi connectivity index (χ1) is 22.1. The first-order valence-electron chi connectivity index (χ1n) is 14.2. The second-order valence-electron chi connectivity index (χ2n) is 11.1. The van der Waals surface area contributed by atoms with Gasteiger partial charge in [0.2, 0.25) is 16.3 Å². The van der Waals surface area contributed by atoms with Crippen molar-refractivity contribution in [3.05, 3.63) is 138 Å². The summed E-state index contributed by atoms with van der Waals surface area (Å²) in [6, 6.07) is 2.44. The Morgan fingerprint density at radius 3 is 2.28 bits per heavy atom. The average molecular weight is 618 g/mol. The van der Waals surface area contributed by atoms with Crippen molar-refractivity contribution < 1.29 is 20.1 Å². The van der Waals surface area contributed by atoms with E-state index in [1.54, 1.807) is 30.4 Å². The number of hydrogen-bond acceptors (Lipinski definition) is 11. The molecule has 4 N–H and O–H groups in total. The number of pyridine rings is 1. The Morgan fingerprint density at radius 1 is 0.913 bits per heavy atom. The Morgan fingerprint density at radius 2 is 1.63 bits per heavy atom. The first kappa shape index (κ1) is 28.6. The van der Waals surface area contributed by atoms with Gasteiger partial charge in [-0.3, -0.25) is 33.9 Å². The minimum absolute atomic E-state index is 0.0821. The molecular formula is C34H23N3O9. The zero-order valence-corrected chi connectivity index (χ0v) is 24.3. The third kappa shape index (κ3) is 3.51. The molecule has 46 heavy (non-hydrogen) atoms. The zero-order valence-electron chi connectivity index (χ0n) is 24.3. The summed E-state index contributed by atoms with van der Waals surface area (Å²) in [4.78, 5) is 78.5. The van der Waals surface area contributed by atoms with Crippen molar-refractivity contribution in [2.45, 2.75) is 25.2 Å². The fourth-order valence-corrected chi connectivity index (χ4v) is 6.95. The zero-order chi connectivity index (χ0) is 32.7. The Labute approximate surface area is 256 Å². The first-order valence-corrected chi connectivity index (χ1v) is 14.2. The van der Waals surface area contributed by atoms with Crippen molar-refractivity contribution in [3.63, 3.8) is 0 Å². The van der Waals surface area contributed by atoms with Crippen LogP contribution in [0.25, 0.3) is 39.6 Å². The summed E-state index contributed by atoms with van der Waals surface area (Å²) in [5, 5.41) is 32.8. The Balaban J connectivity index is 1.68. The number of hydrogen-bond donors (Lipinski definition) is 4. The van der Waals surface area contributed by atoms with E-state index in [0.717, 1.165) is 13.2 Å². The average Bonchev–Trinajstić information content (AvgIpc) is 3.54. The topological polar surface area (TPSA) is 197 Å². The number of aliphatic hydroxyl groups is 2. The van der Waals surface area contributed by atoms with E-state index in [2.05, 4.69) is 15.0 Å². The molecule has 0 aliphatic heterocycles. The number of aromatic hydroxyl groups is 1. The number of benzene rings is 1. The van der Waals surface area contributed by atoms with Gasteiger partial charge in [0.15, 0.2) is 11.2 Å². The molecule has 4 aliphatic carbocycles. The maximum Gasteiger partial charge on any atom is 0.260 e. The minimum Gasteiger partial charge on any atom is -0.510 e. The summed E-state index contributed by atoms with van der Waals surface area (Å²) in [5.74, 6) is -2.63. The molecule has 0 saturated heterocycles. The van der Waals surface area contributed by atoms with Crippen LogP contribution in [-0.4, -0.2) is 37.4 Å². The van der Waals surface area contributed by atoms with Crippen molar-refractivity contribution >= 4 is 28.4 Å². The molecular weight excluding hydrogens is 594 g/mol. The summed E-state index contributed by atoms with van der Waals surface area (Å²) < 4.78 is 4.93. The van der Waals surface area contributed by atoms with Crippen molar-refractivity contribution in [2.75, 3.05) is 7.11 Å². The van der Waals surface area contributed by atoms with E-state index in [0.29, 0.717) is 27.9 Å². The van der Waals surface area contributed by atoms with Gasteiger partial charge >= 0.3 is 0 Å². The number of nitrogens with zero attached hydrogens (tertiary/aromatic N) is 2. The predicted molar refractivity (Wildman–Crippen MR) is 168 cm³/mol. The summed E-state index contributed by atoms with van der Waals surface area (Å²) in [5.41, 5.74) is -5.63. The molecule has 0 fully saturated rings. The molecule has 0 saturated carbocycles. The van der Waals surface area contributed by atoms with Crippen molar-refractivity contribution in [1.29, 1.82) is 0 Å². The van der Waals surface area contributed by atoms with E-state index in [1.165, 1.54) is 18.6 Å². The van der Waals surface area contributed by atoms with E-state index in [4.69, 9.17) is 4.74 Å². The molecule has 1 aromatic carbocycles.